The van der Waals surface area contributed by atoms with Gasteiger partial charge in [-0.1, -0.05) is 72.8 Å². The van der Waals surface area contributed by atoms with Crippen molar-refractivity contribution in [1.29, 1.82) is 0 Å². The first-order chi connectivity index (χ1) is 16.5. The highest BCUT2D eigenvalue weighted by Gasteiger charge is 2.49. The molecule has 0 aromatic heterocycles. The Kier molecular flexibility index (Phi) is 5.34. The highest BCUT2D eigenvalue weighted by atomic mass is 16.2. The largest absolute Gasteiger partial charge is 0.325 e. The fourth-order valence-corrected chi connectivity index (χ4v) is 4.35. The lowest BCUT2D eigenvalue weighted by atomic mass is 9.88. The van der Waals surface area contributed by atoms with E-state index in [1.807, 2.05) is 72.8 Å². The van der Waals surface area contributed by atoms with Gasteiger partial charge in [-0.3, -0.25) is 14.5 Å². The normalized spacial score (nSPS) is 17.6. The first-order valence-electron chi connectivity index (χ1n) is 11.0. The molecule has 0 aliphatic carbocycles. The van der Waals surface area contributed by atoms with Crippen LogP contribution in [0.4, 0.5) is 10.5 Å². The predicted molar refractivity (Wildman–Crippen MR) is 131 cm³/mol. The topological polar surface area (TPSA) is 78.5 Å². The Balaban J connectivity index is 1.34. The summed E-state index contributed by atoms with van der Waals surface area (Å²) in [6.07, 6.45) is 0. The lowest BCUT2D eigenvalue weighted by Crippen LogP contribution is -2.41. The van der Waals surface area contributed by atoms with Crippen LogP contribution in [0.2, 0.25) is 0 Å². The number of para-hydroxylation sites is 1. The molecule has 6 nitrogen and oxygen atoms in total. The van der Waals surface area contributed by atoms with E-state index >= 15 is 0 Å². The number of nitrogens with one attached hydrogen (secondary N) is 2. The lowest BCUT2D eigenvalue weighted by molar-refractivity contribution is -0.131. The first kappa shape index (κ1) is 21.4. The molecule has 0 spiro atoms. The molecule has 0 saturated carbocycles. The van der Waals surface area contributed by atoms with Gasteiger partial charge in [-0.05, 0) is 53.1 Å². The molecule has 1 aliphatic heterocycles. The second-order valence-electron chi connectivity index (χ2n) is 8.49. The van der Waals surface area contributed by atoms with Gasteiger partial charge in [-0.2, -0.15) is 0 Å². The van der Waals surface area contributed by atoms with Crippen molar-refractivity contribution in [2.45, 2.75) is 19.0 Å². The third-order valence-electron chi connectivity index (χ3n) is 6.19. The number of carbonyl (C=O) groups excluding carboxylic acids is 3. The molecule has 5 rings (SSSR count). The Morgan fingerprint density at radius 3 is 2.29 bits per heavy atom. The minimum absolute atomic E-state index is 0.117. The highest BCUT2D eigenvalue weighted by molar-refractivity contribution is 6.09. The van der Waals surface area contributed by atoms with Crippen LogP contribution in [0.1, 0.15) is 28.4 Å². The van der Waals surface area contributed by atoms with Crippen molar-refractivity contribution in [2.75, 3.05) is 5.32 Å². The molecule has 4 amide bonds. The SMILES string of the molecule is CC1(c2cccc3ccccc23)NC(=O)N(Cc2ccc(C(=O)Nc3ccccc3)cc2)C1=O. The summed E-state index contributed by atoms with van der Waals surface area (Å²) >= 11 is 0. The molecule has 1 unspecified atom stereocenters. The second-order valence-corrected chi connectivity index (χ2v) is 8.49. The molecular formula is C28H23N3O3. The number of carbonyl (C=O) groups is 3. The Labute approximate surface area is 197 Å². The van der Waals surface area contributed by atoms with E-state index in [-0.39, 0.29) is 18.4 Å². The minimum Gasteiger partial charge on any atom is -0.322 e. The molecule has 1 saturated heterocycles. The van der Waals surface area contributed by atoms with Gasteiger partial charge in [0.15, 0.2) is 0 Å². The van der Waals surface area contributed by atoms with Crippen molar-refractivity contribution in [3.63, 3.8) is 0 Å². The van der Waals surface area contributed by atoms with Gasteiger partial charge in [0.05, 0.1) is 6.54 Å². The van der Waals surface area contributed by atoms with Gasteiger partial charge in [0.2, 0.25) is 0 Å². The van der Waals surface area contributed by atoms with E-state index in [0.717, 1.165) is 21.9 Å². The summed E-state index contributed by atoms with van der Waals surface area (Å²) in [5, 5.41) is 7.66. The third-order valence-corrected chi connectivity index (χ3v) is 6.19. The fraction of sp³-hybridized carbons (Fsp3) is 0.107. The number of hydrogen-bond donors (Lipinski definition) is 2. The van der Waals surface area contributed by atoms with Crippen LogP contribution in [0.15, 0.2) is 97.1 Å². The standard InChI is InChI=1S/C28H23N3O3/c1-28(24-13-7-9-20-8-5-6-12-23(20)24)26(33)31(27(34)30-28)18-19-14-16-21(17-15-19)25(32)29-22-10-3-2-4-11-22/h2-17H,18H2,1H3,(H,29,32)(H,30,34). The van der Waals surface area contributed by atoms with Crippen LogP contribution in [0.3, 0.4) is 0 Å². The maximum absolute atomic E-state index is 13.4. The van der Waals surface area contributed by atoms with Crippen molar-refractivity contribution >= 4 is 34.3 Å². The number of imide groups is 1. The number of amides is 4. The van der Waals surface area contributed by atoms with E-state index in [9.17, 15) is 14.4 Å². The summed E-state index contributed by atoms with van der Waals surface area (Å²) in [5.74, 6) is -0.531. The predicted octanol–water partition coefficient (Wildman–Crippen LogP) is 5.06. The summed E-state index contributed by atoms with van der Waals surface area (Å²) in [6, 6.07) is 29.2. The van der Waals surface area contributed by atoms with E-state index in [2.05, 4.69) is 10.6 Å². The van der Waals surface area contributed by atoms with Crippen LogP contribution in [-0.2, 0) is 16.9 Å². The molecule has 6 heteroatoms. The van der Waals surface area contributed by atoms with Crippen LogP contribution >= 0.6 is 0 Å². The molecular weight excluding hydrogens is 426 g/mol. The molecule has 2 N–H and O–H groups in total. The number of fused-ring (bicyclic) bond motifs is 1. The Bertz CT molecular complexity index is 1390. The van der Waals surface area contributed by atoms with Gasteiger partial charge in [-0.15, -0.1) is 0 Å². The van der Waals surface area contributed by atoms with Crippen LogP contribution in [0.25, 0.3) is 10.8 Å². The molecule has 4 aromatic carbocycles. The van der Waals surface area contributed by atoms with Crippen molar-refractivity contribution in [3.8, 4) is 0 Å². The van der Waals surface area contributed by atoms with Crippen LogP contribution < -0.4 is 10.6 Å². The maximum atomic E-state index is 13.4. The van der Waals surface area contributed by atoms with Crippen molar-refractivity contribution in [3.05, 3.63) is 114 Å². The van der Waals surface area contributed by atoms with E-state index in [1.165, 1.54) is 4.90 Å². The minimum atomic E-state index is -1.16. The van der Waals surface area contributed by atoms with Gasteiger partial charge in [0.1, 0.15) is 5.54 Å². The van der Waals surface area contributed by atoms with E-state index in [0.29, 0.717) is 11.3 Å². The molecule has 1 heterocycles. The molecule has 1 aliphatic rings. The molecule has 0 bridgehead atoms. The van der Waals surface area contributed by atoms with Gasteiger partial charge >= 0.3 is 6.03 Å². The zero-order valence-electron chi connectivity index (χ0n) is 18.6. The highest BCUT2D eigenvalue weighted by Crippen LogP contribution is 2.34. The van der Waals surface area contributed by atoms with E-state index in [1.54, 1.807) is 31.2 Å². The average Bonchev–Trinajstić information content (AvgIpc) is 3.08. The lowest BCUT2D eigenvalue weighted by Gasteiger charge is -2.24. The summed E-state index contributed by atoms with van der Waals surface area (Å²) in [5.41, 5.74) is 1.56. The molecule has 4 aromatic rings. The number of anilines is 1. The molecule has 1 atom stereocenters. The summed E-state index contributed by atoms with van der Waals surface area (Å²) in [7, 11) is 0. The van der Waals surface area contributed by atoms with E-state index < -0.39 is 11.6 Å². The summed E-state index contributed by atoms with van der Waals surface area (Å²) in [4.78, 5) is 40.0. The zero-order chi connectivity index (χ0) is 23.7. The third kappa shape index (κ3) is 3.79. The second kappa shape index (κ2) is 8.48. The molecule has 34 heavy (non-hydrogen) atoms. The van der Waals surface area contributed by atoms with E-state index in [4.69, 9.17) is 0 Å². The number of hydrogen-bond acceptors (Lipinski definition) is 3. The maximum Gasteiger partial charge on any atom is 0.325 e. The number of benzene rings is 4. The van der Waals surface area contributed by atoms with Crippen molar-refractivity contribution in [1.82, 2.24) is 10.2 Å². The van der Waals surface area contributed by atoms with Gasteiger partial charge in [0, 0.05) is 11.3 Å². The number of urea groups is 1. The van der Waals surface area contributed by atoms with Crippen molar-refractivity contribution in [2.24, 2.45) is 0 Å². The Morgan fingerprint density at radius 1 is 0.853 bits per heavy atom. The number of rotatable bonds is 5. The van der Waals surface area contributed by atoms with Gasteiger partial charge < -0.3 is 10.6 Å². The summed E-state index contributed by atoms with van der Waals surface area (Å²) < 4.78 is 0. The molecule has 0 radical (unpaired) electrons. The first-order valence-corrected chi connectivity index (χ1v) is 11.0. The van der Waals surface area contributed by atoms with Crippen LogP contribution in [-0.4, -0.2) is 22.7 Å². The van der Waals surface area contributed by atoms with Crippen LogP contribution in [0, 0.1) is 0 Å². The summed E-state index contributed by atoms with van der Waals surface area (Å²) in [6.45, 7) is 1.86. The average molecular weight is 450 g/mol. The monoisotopic (exact) mass is 449 g/mol. The molecule has 168 valence electrons. The van der Waals surface area contributed by atoms with Crippen molar-refractivity contribution < 1.29 is 14.4 Å². The van der Waals surface area contributed by atoms with Gasteiger partial charge in [-0.25, -0.2) is 4.79 Å². The quantitative estimate of drug-likeness (QED) is 0.418. The number of nitrogens with zero attached hydrogens (tertiary/aromatic N) is 1. The zero-order valence-corrected chi connectivity index (χ0v) is 18.6. The molecule has 1 fully saturated rings. The Morgan fingerprint density at radius 2 is 1.53 bits per heavy atom. The Hall–Kier alpha value is -4.45. The smallest absolute Gasteiger partial charge is 0.322 e. The fourth-order valence-electron chi connectivity index (χ4n) is 4.35. The van der Waals surface area contributed by atoms with Gasteiger partial charge in [0.25, 0.3) is 11.8 Å². The van der Waals surface area contributed by atoms with Crippen LogP contribution in [0.5, 0.6) is 0 Å².